The van der Waals surface area contributed by atoms with Crippen molar-refractivity contribution in [1.82, 2.24) is 0 Å². The molecule has 0 spiro atoms. The molecule has 0 aromatic heterocycles. The Hall–Kier alpha value is -1.45. The average molecular weight is 348 g/mol. The van der Waals surface area contributed by atoms with Gasteiger partial charge in [-0.25, -0.2) is 8.78 Å². The maximum atomic E-state index is 13.6. The zero-order chi connectivity index (χ0) is 18.0. The van der Waals surface area contributed by atoms with Gasteiger partial charge in [-0.3, -0.25) is 4.79 Å². The van der Waals surface area contributed by atoms with Crippen molar-refractivity contribution in [3.63, 3.8) is 0 Å². The first-order chi connectivity index (χ1) is 11.9. The molecule has 2 aliphatic carbocycles. The zero-order valence-corrected chi connectivity index (χ0v) is 15.0. The molecule has 0 amide bonds. The Morgan fingerprint density at radius 1 is 0.960 bits per heavy atom. The Labute approximate surface area is 149 Å². The second-order valence-electron chi connectivity index (χ2n) is 7.60. The topological polar surface area (TPSA) is 26.3 Å². The van der Waals surface area contributed by atoms with Crippen LogP contribution in [0.1, 0.15) is 63.9 Å². The van der Waals surface area contributed by atoms with Crippen LogP contribution in [-0.2, 0) is 4.79 Å². The van der Waals surface area contributed by atoms with Crippen LogP contribution in [0.3, 0.4) is 0 Å². The number of halogens is 2. The molecule has 25 heavy (non-hydrogen) atoms. The molecule has 2 radical (unpaired) electrons. The van der Waals surface area contributed by atoms with Gasteiger partial charge in [0.15, 0.2) is 0 Å². The minimum atomic E-state index is -0.688. The molecule has 136 valence electrons. The van der Waals surface area contributed by atoms with Gasteiger partial charge >= 0.3 is 5.97 Å². The molecule has 0 bridgehead atoms. The Morgan fingerprint density at radius 3 is 2.08 bits per heavy atom. The second-order valence-corrected chi connectivity index (χ2v) is 7.60. The van der Waals surface area contributed by atoms with E-state index in [1.807, 2.05) is 0 Å². The largest absolute Gasteiger partial charge is 0.426 e. The summed E-state index contributed by atoms with van der Waals surface area (Å²) in [6.07, 6.45) is 8.46. The maximum Gasteiger partial charge on any atom is 0.314 e. The lowest BCUT2D eigenvalue weighted by Crippen LogP contribution is -2.28. The Kier molecular flexibility index (Phi) is 5.75. The summed E-state index contributed by atoms with van der Waals surface area (Å²) in [5, 5.41) is 0. The molecule has 4 heteroatoms. The highest BCUT2D eigenvalue weighted by atomic mass is 19.1. The molecular formula is C21H26F2O2. The van der Waals surface area contributed by atoms with Gasteiger partial charge in [0.2, 0.25) is 0 Å². The molecule has 0 N–H and O–H groups in total. The fraction of sp³-hybridized carbons (Fsp3) is 0.571. The summed E-state index contributed by atoms with van der Waals surface area (Å²) in [7, 11) is 0. The summed E-state index contributed by atoms with van der Waals surface area (Å²) in [5.41, 5.74) is -0.0586. The van der Waals surface area contributed by atoms with Gasteiger partial charge < -0.3 is 4.74 Å². The van der Waals surface area contributed by atoms with E-state index in [2.05, 4.69) is 6.92 Å². The van der Waals surface area contributed by atoms with E-state index < -0.39 is 11.6 Å². The van der Waals surface area contributed by atoms with E-state index in [0.29, 0.717) is 5.92 Å². The monoisotopic (exact) mass is 348 g/mol. The van der Waals surface area contributed by atoms with Crippen LogP contribution in [0.4, 0.5) is 8.78 Å². The molecule has 2 aliphatic rings. The van der Waals surface area contributed by atoms with Crippen molar-refractivity contribution < 1.29 is 18.3 Å². The van der Waals surface area contributed by atoms with Crippen LogP contribution >= 0.6 is 0 Å². The van der Waals surface area contributed by atoms with Crippen molar-refractivity contribution in [2.24, 2.45) is 11.8 Å². The molecule has 0 saturated heterocycles. The van der Waals surface area contributed by atoms with Gasteiger partial charge in [-0.1, -0.05) is 6.92 Å². The maximum absolute atomic E-state index is 13.6. The summed E-state index contributed by atoms with van der Waals surface area (Å²) < 4.78 is 32.4. The zero-order valence-electron chi connectivity index (χ0n) is 15.0. The van der Waals surface area contributed by atoms with Crippen LogP contribution in [0.15, 0.2) is 12.1 Å². The van der Waals surface area contributed by atoms with Gasteiger partial charge in [-0.05, 0) is 76.0 Å². The summed E-state index contributed by atoms with van der Waals surface area (Å²) in [6, 6.07) is 2.16. The third-order valence-corrected chi connectivity index (χ3v) is 5.85. The minimum absolute atomic E-state index is 0.0429. The van der Waals surface area contributed by atoms with Crippen LogP contribution in [0.5, 0.6) is 5.75 Å². The lowest BCUT2D eigenvalue weighted by atomic mass is 9.69. The summed E-state index contributed by atoms with van der Waals surface area (Å²) in [5.74, 6) is 1.95. The van der Waals surface area contributed by atoms with E-state index in [1.165, 1.54) is 32.6 Å². The van der Waals surface area contributed by atoms with Gasteiger partial charge in [0.05, 0.1) is 5.92 Å². The molecule has 0 heterocycles. The molecule has 1 aromatic rings. The predicted molar refractivity (Wildman–Crippen MR) is 92.8 cm³/mol. The van der Waals surface area contributed by atoms with Gasteiger partial charge in [-0.15, -0.1) is 0 Å². The van der Waals surface area contributed by atoms with Gasteiger partial charge in [-0.2, -0.15) is 0 Å². The number of hydrogen-bond acceptors (Lipinski definition) is 2. The second kappa shape index (κ2) is 7.84. The molecule has 3 rings (SSSR count). The molecule has 0 unspecified atom stereocenters. The minimum Gasteiger partial charge on any atom is -0.426 e. The summed E-state index contributed by atoms with van der Waals surface area (Å²) in [6.45, 7) is 3.60. The molecule has 2 saturated carbocycles. The SMILES string of the molecule is C[C]1CCC([C]2CCC(C(=O)Oc3cc(F)c(C)c(F)c3)CC2)CC1. The van der Waals surface area contributed by atoms with E-state index in [-0.39, 0.29) is 23.2 Å². The Balaban J connectivity index is 1.52. The molecule has 2 nitrogen and oxygen atoms in total. The lowest BCUT2D eigenvalue weighted by molar-refractivity contribution is -0.139. The van der Waals surface area contributed by atoms with E-state index in [1.54, 1.807) is 11.8 Å². The van der Waals surface area contributed by atoms with E-state index in [0.717, 1.165) is 37.8 Å². The van der Waals surface area contributed by atoms with E-state index >= 15 is 0 Å². The van der Waals surface area contributed by atoms with Crippen molar-refractivity contribution in [1.29, 1.82) is 0 Å². The summed E-state index contributed by atoms with van der Waals surface area (Å²) >= 11 is 0. The van der Waals surface area contributed by atoms with Crippen LogP contribution in [0, 0.1) is 42.2 Å². The van der Waals surface area contributed by atoms with Crippen LogP contribution in [0.25, 0.3) is 0 Å². The van der Waals surface area contributed by atoms with E-state index in [4.69, 9.17) is 4.74 Å². The third kappa shape index (κ3) is 4.39. The standard InChI is InChI=1S/C21H26F2O2/c1-13-3-5-15(6-4-13)16-7-9-17(10-8-16)21(24)25-18-11-19(22)14(2)20(23)12-18/h11-12,15,17H,3-10H2,1-2H3. The number of carbonyl (C=O) groups excluding carboxylic acids is 1. The van der Waals surface area contributed by atoms with Crippen molar-refractivity contribution in [3.8, 4) is 5.75 Å². The highest BCUT2D eigenvalue weighted by Crippen LogP contribution is 2.43. The highest BCUT2D eigenvalue weighted by Gasteiger charge is 2.33. The van der Waals surface area contributed by atoms with Crippen LogP contribution in [0.2, 0.25) is 0 Å². The van der Waals surface area contributed by atoms with Gasteiger partial charge in [0.1, 0.15) is 17.4 Å². The van der Waals surface area contributed by atoms with E-state index in [9.17, 15) is 13.6 Å². The first kappa shape index (κ1) is 18.3. The summed E-state index contributed by atoms with van der Waals surface area (Å²) in [4.78, 5) is 12.3. The third-order valence-electron chi connectivity index (χ3n) is 5.85. The van der Waals surface area contributed by atoms with Crippen molar-refractivity contribution in [2.45, 2.75) is 65.2 Å². The quantitative estimate of drug-likeness (QED) is 0.515. The molecule has 2 fully saturated rings. The normalized spacial score (nSPS) is 21.4. The number of carbonyl (C=O) groups is 1. The van der Waals surface area contributed by atoms with Gasteiger partial charge in [0, 0.05) is 17.7 Å². The lowest BCUT2D eigenvalue weighted by Gasteiger charge is -2.36. The number of ether oxygens (including phenoxy) is 1. The average Bonchev–Trinajstić information content (AvgIpc) is 2.60. The predicted octanol–water partition coefficient (Wildman–Crippen LogP) is 5.73. The molecule has 0 atom stereocenters. The fourth-order valence-electron chi connectivity index (χ4n) is 4.03. The smallest absolute Gasteiger partial charge is 0.314 e. The number of hydrogen-bond donors (Lipinski definition) is 0. The fourth-order valence-corrected chi connectivity index (χ4v) is 4.03. The van der Waals surface area contributed by atoms with Crippen LogP contribution in [-0.4, -0.2) is 5.97 Å². The Morgan fingerprint density at radius 2 is 1.52 bits per heavy atom. The van der Waals surface area contributed by atoms with Crippen molar-refractivity contribution >= 4 is 5.97 Å². The van der Waals surface area contributed by atoms with Crippen LogP contribution < -0.4 is 4.74 Å². The van der Waals surface area contributed by atoms with Gasteiger partial charge in [0.25, 0.3) is 0 Å². The number of rotatable bonds is 3. The molecular weight excluding hydrogens is 322 g/mol. The molecule has 1 aromatic carbocycles. The Bertz CT molecular complexity index is 589. The van der Waals surface area contributed by atoms with Crippen molar-refractivity contribution in [3.05, 3.63) is 41.2 Å². The number of benzene rings is 1. The molecule has 0 aliphatic heterocycles. The first-order valence-corrected chi connectivity index (χ1v) is 9.27. The number of esters is 1. The van der Waals surface area contributed by atoms with Crippen molar-refractivity contribution in [2.75, 3.05) is 0 Å². The first-order valence-electron chi connectivity index (χ1n) is 9.27. The highest BCUT2D eigenvalue weighted by molar-refractivity contribution is 5.75.